The van der Waals surface area contributed by atoms with E-state index in [1.807, 2.05) is 6.07 Å². The van der Waals surface area contributed by atoms with Gasteiger partial charge in [0.1, 0.15) is 23.2 Å². The molecule has 0 radical (unpaired) electrons. The maximum Gasteiger partial charge on any atom is 0.264 e. The van der Waals surface area contributed by atoms with Crippen LogP contribution >= 0.6 is 23.2 Å². The van der Waals surface area contributed by atoms with Crippen molar-refractivity contribution in [3.05, 3.63) is 51.7 Å². The summed E-state index contributed by atoms with van der Waals surface area (Å²) in [4.78, 5) is 14.0. The van der Waals surface area contributed by atoms with Crippen LogP contribution in [0.25, 0.3) is 17.4 Å². The van der Waals surface area contributed by atoms with Gasteiger partial charge in [0.05, 0.1) is 10.0 Å². The molecule has 1 aromatic carbocycles. The maximum absolute atomic E-state index is 12.3. The molecular weight excluding hydrogens is 347 g/mol. The average molecular weight is 361 g/mol. The van der Waals surface area contributed by atoms with E-state index in [-0.39, 0.29) is 11.5 Å². The highest BCUT2D eigenvalue weighted by Crippen LogP contribution is 2.34. The quantitative estimate of drug-likeness (QED) is 0.584. The Labute approximate surface area is 149 Å². The van der Waals surface area contributed by atoms with Crippen LogP contribution in [0.2, 0.25) is 10.0 Å². The Balaban J connectivity index is 1.88. The largest absolute Gasteiger partial charge is 0.457 e. The summed E-state index contributed by atoms with van der Waals surface area (Å²) in [6, 6.07) is 10.7. The second kappa shape index (κ2) is 7.12. The molecule has 0 saturated carbocycles. The third-order valence-corrected chi connectivity index (χ3v) is 4.69. The number of nitriles is 1. The van der Waals surface area contributed by atoms with Crippen LogP contribution < -0.4 is 0 Å². The lowest BCUT2D eigenvalue weighted by atomic mass is 10.2. The molecule has 0 bridgehead atoms. The first-order valence-corrected chi connectivity index (χ1v) is 8.31. The molecule has 122 valence electrons. The number of halogens is 2. The van der Waals surface area contributed by atoms with Crippen molar-refractivity contribution in [2.24, 2.45) is 0 Å². The SMILES string of the molecule is N#C/C(=C\c1ccc(-c2cccc(Cl)c2Cl)o1)C(=O)N1CCCC1. The van der Waals surface area contributed by atoms with Gasteiger partial charge in [0.15, 0.2) is 0 Å². The number of hydrogen-bond acceptors (Lipinski definition) is 3. The highest BCUT2D eigenvalue weighted by Gasteiger charge is 2.22. The Morgan fingerprint density at radius 3 is 2.67 bits per heavy atom. The molecule has 0 unspecified atom stereocenters. The molecule has 1 fully saturated rings. The minimum Gasteiger partial charge on any atom is -0.457 e. The first-order chi connectivity index (χ1) is 11.6. The van der Waals surface area contributed by atoms with Crippen molar-refractivity contribution in [3.63, 3.8) is 0 Å². The zero-order chi connectivity index (χ0) is 17.1. The fourth-order valence-corrected chi connectivity index (χ4v) is 3.04. The van der Waals surface area contributed by atoms with Crippen LogP contribution in [0.3, 0.4) is 0 Å². The second-order valence-electron chi connectivity index (χ2n) is 5.47. The predicted octanol–water partition coefficient (Wildman–Crippen LogP) is 4.78. The van der Waals surface area contributed by atoms with E-state index < -0.39 is 0 Å². The van der Waals surface area contributed by atoms with Crippen LogP contribution in [0.15, 0.2) is 40.3 Å². The van der Waals surface area contributed by atoms with Gasteiger partial charge in [0, 0.05) is 24.7 Å². The van der Waals surface area contributed by atoms with E-state index in [0.29, 0.717) is 40.2 Å². The zero-order valence-corrected chi connectivity index (χ0v) is 14.3. The van der Waals surface area contributed by atoms with Gasteiger partial charge < -0.3 is 9.32 Å². The number of carbonyl (C=O) groups is 1. The Kier molecular flexibility index (Phi) is 4.94. The molecule has 0 N–H and O–H groups in total. The zero-order valence-electron chi connectivity index (χ0n) is 12.8. The molecule has 4 nitrogen and oxygen atoms in total. The summed E-state index contributed by atoms with van der Waals surface area (Å²) in [5.41, 5.74) is 0.725. The maximum atomic E-state index is 12.3. The number of benzene rings is 1. The van der Waals surface area contributed by atoms with Gasteiger partial charge >= 0.3 is 0 Å². The third-order valence-electron chi connectivity index (χ3n) is 3.87. The first-order valence-electron chi connectivity index (χ1n) is 7.55. The molecule has 2 aromatic rings. The predicted molar refractivity (Wildman–Crippen MR) is 93.6 cm³/mol. The molecule has 3 rings (SSSR count). The van der Waals surface area contributed by atoms with Crippen LogP contribution in [-0.4, -0.2) is 23.9 Å². The van der Waals surface area contributed by atoms with Gasteiger partial charge in [0.25, 0.3) is 5.91 Å². The number of rotatable bonds is 3. The van der Waals surface area contributed by atoms with Crippen molar-refractivity contribution >= 4 is 35.2 Å². The van der Waals surface area contributed by atoms with Crippen LogP contribution in [0.1, 0.15) is 18.6 Å². The first kappa shape index (κ1) is 16.6. The Bertz CT molecular complexity index is 843. The van der Waals surface area contributed by atoms with E-state index in [9.17, 15) is 10.1 Å². The molecule has 1 aliphatic rings. The minimum absolute atomic E-state index is 0.0648. The molecule has 1 amide bonds. The standard InChI is InChI=1S/C18H14Cl2N2O2/c19-15-5-3-4-14(17(15)20)16-7-6-13(24-16)10-12(11-21)18(23)22-8-1-2-9-22/h3-7,10H,1-2,8-9H2/b12-10+. The number of furan rings is 1. The Morgan fingerprint density at radius 2 is 1.96 bits per heavy atom. The number of likely N-dealkylation sites (tertiary alicyclic amines) is 1. The van der Waals surface area contributed by atoms with E-state index in [4.69, 9.17) is 27.6 Å². The van der Waals surface area contributed by atoms with E-state index in [0.717, 1.165) is 12.8 Å². The van der Waals surface area contributed by atoms with Gasteiger partial charge in [-0.05, 0) is 37.1 Å². The number of carbonyl (C=O) groups excluding carboxylic acids is 1. The lowest BCUT2D eigenvalue weighted by Gasteiger charge is -2.13. The molecule has 24 heavy (non-hydrogen) atoms. The lowest BCUT2D eigenvalue weighted by molar-refractivity contribution is -0.125. The topological polar surface area (TPSA) is 57.2 Å². The Morgan fingerprint density at radius 1 is 1.21 bits per heavy atom. The van der Waals surface area contributed by atoms with Crippen LogP contribution in [0.5, 0.6) is 0 Å². The smallest absolute Gasteiger partial charge is 0.264 e. The van der Waals surface area contributed by atoms with Crippen molar-refractivity contribution in [1.82, 2.24) is 4.90 Å². The fraction of sp³-hybridized carbons (Fsp3) is 0.222. The molecule has 1 aromatic heterocycles. The fourth-order valence-electron chi connectivity index (χ4n) is 2.64. The summed E-state index contributed by atoms with van der Waals surface area (Å²) in [6.45, 7) is 1.39. The summed E-state index contributed by atoms with van der Waals surface area (Å²) in [5.74, 6) is 0.693. The van der Waals surface area contributed by atoms with Crippen LogP contribution in [-0.2, 0) is 4.79 Å². The van der Waals surface area contributed by atoms with E-state index in [1.54, 1.807) is 35.2 Å². The van der Waals surface area contributed by atoms with Gasteiger partial charge in [0.2, 0.25) is 0 Å². The summed E-state index contributed by atoms with van der Waals surface area (Å²) in [6.07, 6.45) is 3.41. The lowest BCUT2D eigenvalue weighted by Crippen LogP contribution is -2.28. The van der Waals surface area contributed by atoms with Gasteiger partial charge in [-0.25, -0.2) is 0 Å². The van der Waals surface area contributed by atoms with Crippen molar-refractivity contribution in [3.8, 4) is 17.4 Å². The van der Waals surface area contributed by atoms with Crippen molar-refractivity contribution in [2.75, 3.05) is 13.1 Å². The molecule has 2 heterocycles. The van der Waals surface area contributed by atoms with E-state index >= 15 is 0 Å². The van der Waals surface area contributed by atoms with Gasteiger partial charge in [-0.1, -0.05) is 29.3 Å². The van der Waals surface area contributed by atoms with Crippen molar-refractivity contribution in [2.45, 2.75) is 12.8 Å². The molecule has 1 aliphatic heterocycles. The van der Waals surface area contributed by atoms with Crippen molar-refractivity contribution in [1.29, 1.82) is 5.26 Å². The normalized spacial score (nSPS) is 14.7. The van der Waals surface area contributed by atoms with E-state index in [1.165, 1.54) is 6.08 Å². The molecule has 0 spiro atoms. The van der Waals surface area contributed by atoms with Crippen molar-refractivity contribution < 1.29 is 9.21 Å². The molecule has 0 aliphatic carbocycles. The molecule has 6 heteroatoms. The van der Waals surface area contributed by atoms with Gasteiger partial charge in [-0.15, -0.1) is 0 Å². The highest BCUT2D eigenvalue weighted by atomic mass is 35.5. The summed E-state index contributed by atoms with van der Waals surface area (Å²) >= 11 is 12.2. The minimum atomic E-state index is -0.256. The number of amides is 1. The molecular formula is C18H14Cl2N2O2. The summed E-state index contributed by atoms with van der Waals surface area (Å²) in [5, 5.41) is 10.1. The number of nitrogens with zero attached hydrogens (tertiary/aromatic N) is 2. The molecule has 0 atom stereocenters. The van der Waals surface area contributed by atoms with E-state index in [2.05, 4.69) is 0 Å². The van der Waals surface area contributed by atoms with Gasteiger partial charge in [-0.2, -0.15) is 5.26 Å². The summed E-state index contributed by atoms with van der Waals surface area (Å²) in [7, 11) is 0. The summed E-state index contributed by atoms with van der Waals surface area (Å²) < 4.78 is 5.71. The average Bonchev–Trinajstić information content (AvgIpc) is 3.26. The number of hydrogen-bond donors (Lipinski definition) is 0. The van der Waals surface area contributed by atoms with Crippen LogP contribution in [0, 0.1) is 11.3 Å². The van der Waals surface area contributed by atoms with Gasteiger partial charge in [-0.3, -0.25) is 4.79 Å². The monoisotopic (exact) mass is 360 g/mol. The third kappa shape index (κ3) is 3.33. The van der Waals surface area contributed by atoms with Crippen LogP contribution in [0.4, 0.5) is 0 Å². The Hall–Kier alpha value is -2.22. The molecule has 1 saturated heterocycles. The second-order valence-corrected chi connectivity index (χ2v) is 6.26. The highest BCUT2D eigenvalue weighted by molar-refractivity contribution is 6.43.